The summed E-state index contributed by atoms with van der Waals surface area (Å²) in [6.45, 7) is 0. The van der Waals surface area contributed by atoms with Crippen LogP contribution in [0.4, 0.5) is 24.7 Å². The fourth-order valence-corrected chi connectivity index (χ4v) is 1.35. The Morgan fingerprint density at radius 2 is 2.00 bits per heavy atom. The molecule has 0 atom stereocenters. The predicted octanol–water partition coefficient (Wildman–Crippen LogP) is 1.78. The summed E-state index contributed by atoms with van der Waals surface area (Å²) in [5, 5.41) is 14.2. The van der Waals surface area contributed by atoms with Crippen molar-refractivity contribution in [2.24, 2.45) is 0 Å². The van der Waals surface area contributed by atoms with Gasteiger partial charge in [0.05, 0.1) is 10.5 Å². The monoisotopic (exact) mass is 273 g/mol. The molecule has 0 aliphatic heterocycles. The average Bonchev–Trinajstić information content (AvgIpc) is 2.70. The minimum atomic E-state index is -4.51. The van der Waals surface area contributed by atoms with Crippen LogP contribution < -0.4 is 5.73 Å². The van der Waals surface area contributed by atoms with Crippen molar-refractivity contribution >= 4 is 11.5 Å². The van der Waals surface area contributed by atoms with Crippen molar-refractivity contribution in [3.63, 3.8) is 0 Å². The largest absolute Gasteiger partial charge is 0.417 e. The first-order valence-corrected chi connectivity index (χ1v) is 4.82. The maximum absolute atomic E-state index is 12.3. The molecule has 0 fully saturated rings. The van der Waals surface area contributed by atoms with Crippen molar-refractivity contribution in [2.45, 2.75) is 6.18 Å². The third-order valence-corrected chi connectivity index (χ3v) is 2.28. The highest BCUT2D eigenvalue weighted by Gasteiger charge is 2.31. The fraction of sp³-hybridized carbons (Fsp3) is 0.111. The van der Waals surface area contributed by atoms with Gasteiger partial charge in [0, 0.05) is 6.20 Å². The second kappa shape index (κ2) is 4.23. The van der Waals surface area contributed by atoms with Crippen LogP contribution in [0.3, 0.4) is 0 Å². The first-order chi connectivity index (χ1) is 8.80. The van der Waals surface area contributed by atoms with E-state index in [0.717, 1.165) is 23.0 Å². The second-order valence-corrected chi connectivity index (χ2v) is 3.49. The number of pyridine rings is 1. The number of aromatic nitrogens is 3. The standard InChI is InChI=1S/C9H6F3N5O2/c10-9(11,12)5-1-2-7(14-3-5)16-8(13)6(4-15-16)17(18)19/h1-4H,13H2. The number of nitrogen functional groups attached to an aromatic ring is 1. The van der Waals surface area contributed by atoms with Gasteiger partial charge in [-0.2, -0.15) is 23.0 Å². The van der Waals surface area contributed by atoms with Gasteiger partial charge in [0.1, 0.15) is 6.20 Å². The van der Waals surface area contributed by atoms with E-state index in [-0.39, 0.29) is 11.6 Å². The van der Waals surface area contributed by atoms with Crippen LogP contribution in [-0.2, 0) is 6.18 Å². The van der Waals surface area contributed by atoms with Crippen LogP contribution in [0.1, 0.15) is 5.56 Å². The Bertz CT molecular complexity index is 620. The number of anilines is 1. The van der Waals surface area contributed by atoms with Crippen LogP contribution in [0.25, 0.3) is 5.82 Å². The third-order valence-electron chi connectivity index (χ3n) is 2.28. The molecule has 2 aromatic rings. The van der Waals surface area contributed by atoms with E-state index in [0.29, 0.717) is 6.20 Å². The molecule has 19 heavy (non-hydrogen) atoms. The number of nitrogens with two attached hydrogens (primary N) is 1. The van der Waals surface area contributed by atoms with E-state index in [4.69, 9.17) is 5.73 Å². The molecule has 0 aliphatic rings. The van der Waals surface area contributed by atoms with Crippen LogP contribution in [0.15, 0.2) is 24.5 Å². The molecule has 0 saturated heterocycles. The normalized spacial score (nSPS) is 11.5. The summed E-state index contributed by atoms with van der Waals surface area (Å²) in [5.74, 6) is -0.351. The van der Waals surface area contributed by atoms with Gasteiger partial charge in [0.15, 0.2) is 5.82 Å². The number of hydrogen-bond acceptors (Lipinski definition) is 5. The maximum atomic E-state index is 12.3. The highest BCUT2D eigenvalue weighted by molar-refractivity contribution is 5.54. The lowest BCUT2D eigenvalue weighted by atomic mass is 10.3. The Kier molecular flexibility index (Phi) is 2.85. The quantitative estimate of drug-likeness (QED) is 0.664. The number of nitro groups is 1. The Hall–Kier alpha value is -2.65. The van der Waals surface area contributed by atoms with Crippen molar-refractivity contribution in [3.05, 3.63) is 40.2 Å². The van der Waals surface area contributed by atoms with Gasteiger partial charge in [-0.1, -0.05) is 0 Å². The lowest BCUT2D eigenvalue weighted by Gasteiger charge is -2.07. The predicted molar refractivity (Wildman–Crippen MR) is 57.4 cm³/mol. The number of rotatable bonds is 2. The van der Waals surface area contributed by atoms with Crippen LogP contribution in [0, 0.1) is 10.1 Å². The number of alkyl halides is 3. The van der Waals surface area contributed by atoms with Gasteiger partial charge in [0.2, 0.25) is 5.82 Å². The Balaban J connectivity index is 2.41. The molecule has 0 amide bonds. The number of hydrogen-bond donors (Lipinski definition) is 1. The van der Waals surface area contributed by atoms with E-state index in [1.165, 1.54) is 0 Å². The van der Waals surface area contributed by atoms with Crippen LogP contribution >= 0.6 is 0 Å². The zero-order chi connectivity index (χ0) is 14.2. The number of halogens is 3. The summed E-state index contributed by atoms with van der Waals surface area (Å²) in [5.41, 5.74) is 4.08. The molecule has 10 heteroatoms. The van der Waals surface area contributed by atoms with E-state index < -0.39 is 22.4 Å². The van der Waals surface area contributed by atoms with Gasteiger partial charge >= 0.3 is 11.9 Å². The van der Waals surface area contributed by atoms with Gasteiger partial charge in [-0.05, 0) is 12.1 Å². The average molecular weight is 273 g/mol. The molecule has 0 aromatic carbocycles. The van der Waals surface area contributed by atoms with E-state index in [9.17, 15) is 23.3 Å². The molecule has 0 radical (unpaired) electrons. The Labute approximate surface area is 103 Å². The van der Waals surface area contributed by atoms with Crippen molar-refractivity contribution < 1.29 is 18.1 Å². The van der Waals surface area contributed by atoms with Gasteiger partial charge in [-0.3, -0.25) is 10.1 Å². The fourth-order valence-electron chi connectivity index (χ4n) is 1.35. The molecule has 2 aromatic heterocycles. The minimum absolute atomic E-state index is 0.0430. The van der Waals surface area contributed by atoms with Crippen LogP contribution in [0.5, 0.6) is 0 Å². The highest BCUT2D eigenvalue weighted by Crippen LogP contribution is 2.29. The molecule has 0 unspecified atom stereocenters. The van der Waals surface area contributed by atoms with Crippen LogP contribution in [-0.4, -0.2) is 19.7 Å². The molecule has 100 valence electrons. The van der Waals surface area contributed by atoms with Crippen molar-refractivity contribution in [3.8, 4) is 5.82 Å². The molecule has 0 saturated carbocycles. The molecule has 2 rings (SSSR count). The maximum Gasteiger partial charge on any atom is 0.417 e. The smallest absolute Gasteiger partial charge is 0.378 e. The molecular formula is C9H6F3N5O2. The van der Waals surface area contributed by atoms with E-state index >= 15 is 0 Å². The summed E-state index contributed by atoms with van der Waals surface area (Å²) >= 11 is 0. The molecule has 2 N–H and O–H groups in total. The van der Waals surface area contributed by atoms with E-state index in [1.54, 1.807) is 0 Å². The Morgan fingerprint density at radius 1 is 1.32 bits per heavy atom. The van der Waals surface area contributed by atoms with Gasteiger partial charge in [-0.25, -0.2) is 4.98 Å². The summed E-state index contributed by atoms with van der Waals surface area (Å²) in [4.78, 5) is 13.3. The molecule has 0 bridgehead atoms. The van der Waals surface area contributed by atoms with Gasteiger partial charge in [-0.15, -0.1) is 0 Å². The second-order valence-electron chi connectivity index (χ2n) is 3.49. The highest BCUT2D eigenvalue weighted by atomic mass is 19.4. The van der Waals surface area contributed by atoms with E-state index in [2.05, 4.69) is 10.1 Å². The van der Waals surface area contributed by atoms with E-state index in [1.807, 2.05) is 0 Å². The van der Waals surface area contributed by atoms with Gasteiger partial charge < -0.3 is 5.73 Å². The minimum Gasteiger partial charge on any atom is -0.378 e. The summed E-state index contributed by atoms with van der Waals surface area (Å²) in [7, 11) is 0. The third kappa shape index (κ3) is 2.32. The van der Waals surface area contributed by atoms with Crippen molar-refractivity contribution in [2.75, 3.05) is 5.73 Å². The zero-order valence-corrected chi connectivity index (χ0v) is 9.13. The Morgan fingerprint density at radius 3 is 2.42 bits per heavy atom. The molecule has 2 heterocycles. The summed E-state index contributed by atoms with van der Waals surface area (Å²) in [6, 6.07) is 1.81. The van der Waals surface area contributed by atoms with Crippen molar-refractivity contribution in [1.82, 2.24) is 14.8 Å². The first-order valence-electron chi connectivity index (χ1n) is 4.82. The zero-order valence-electron chi connectivity index (χ0n) is 9.13. The topological polar surface area (TPSA) is 99.9 Å². The summed E-state index contributed by atoms with van der Waals surface area (Å²) < 4.78 is 37.9. The van der Waals surface area contributed by atoms with Crippen molar-refractivity contribution in [1.29, 1.82) is 0 Å². The summed E-state index contributed by atoms with van der Waals surface area (Å²) in [6.07, 6.45) is -3.01. The lowest BCUT2D eigenvalue weighted by Crippen LogP contribution is -2.08. The molecule has 0 aliphatic carbocycles. The first kappa shape index (κ1) is 12.8. The number of nitrogens with zero attached hydrogens (tertiary/aromatic N) is 4. The van der Waals surface area contributed by atoms with Crippen LogP contribution in [0.2, 0.25) is 0 Å². The molecular weight excluding hydrogens is 267 g/mol. The van der Waals surface area contributed by atoms with Gasteiger partial charge in [0.25, 0.3) is 0 Å². The lowest BCUT2D eigenvalue weighted by molar-refractivity contribution is -0.383. The molecule has 0 spiro atoms. The molecule has 7 nitrogen and oxygen atoms in total. The SMILES string of the molecule is Nc1c([N+](=O)[O-])cnn1-c1ccc(C(F)(F)F)cn1.